The van der Waals surface area contributed by atoms with Crippen molar-refractivity contribution in [3.63, 3.8) is 0 Å². The number of nitrogens with zero attached hydrogens (tertiary/aromatic N) is 1. The van der Waals surface area contributed by atoms with Crippen molar-refractivity contribution in [1.82, 2.24) is 0 Å². The predicted octanol–water partition coefficient (Wildman–Crippen LogP) is 6.40. The van der Waals surface area contributed by atoms with Crippen LogP contribution in [0.3, 0.4) is 0 Å². The molecule has 4 rings (SSSR count). The average molecular weight is 377 g/mol. The minimum atomic E-state index is 0.0525. The smallest absolute Gasteiger partial charge is 0.200 e. The molecule has 1 aromatic carbocycles. The second-order valence-electron chi connectivity index (χ2n) is 11.8. The highest BCUT2D eigenvalue weighted by atomic mass is 14.9. The summed E-state index contributed by atoms with van der Waals surface area (Å²) < 4.78 is 2.44. The number of hydrogen-bond acceptors (Lipinski definition) is 0. The van der Waals surface area contributed by atoms with Gasteiger partial charge < -0.3 is 0 Å². The molecular formula is C27H38N+. The van der Waals surface area contributed by atoms with Gasteiger partial charge in [0.2, 0.25) is 5.69 Å². The zero-order chi connectivity index (χ0) is 20.9. The Balaban J connectivity index is 2.27. The first-order chi connectivity index (χ1) is 12.7. The number of pyridine rings is 1. The molecule has 2 aliphatic rings. The molecule has 0 saturated heterocycles. The van der Waals surface area contributed by atoms with Gasteiger partial charge in [-0.15, -0.1) is 0 Å². The Kier molecular flexibility index (Phi) is 3.86. The lowest BCUT2D eigenvalue weighted by Crippen LogP contribution is -2.52. The molecule has 0 aliphatic heterocycles. The number of rotatable bonds is 0. The molecule has 0 fully saturated rings. The Labute approximate surface area is 172 Å². The Morgan fingerprint density at radius 2 is 1.36 bits per heavy atom. The molecule has 1 heteroatoms. The van der Waals surface area contributed by atoms with Gasteiger partial charge in [0.15, 0.2) is 6.20 Å². The first-order valence-corrected chi connectivity index (χ1v) is 10.9. The van der Waals surface area contributed by atoms with Crippen LogP contribution in [0.1, 0.15) is 96.0 Å². The van der Waals surface area contributed by atoms with Gasteiger partial charge in [0, 0.05) is 16.5 Å². The molecule has 0 saturated carbocycles. The van der Waals surface area contributed by atoms with E-state index in [1.807, 2.05) is 0 Å². The number of hydrogen-bond donors (Lipinski definition) is 0. The van der Waals surface area contributed by atoms with Gasteiger partial charge in [-0.2, -0.15) is 0 Å². The Morgan fingerprint density at radius 1 is 0.750 bits per heavy atom. The SMILES string of the molecule is Cc1cccc2c1-c1c(c3c(c[n+]1C)C(C)(C)CCC3(C)C)C(C)(C)C2(C)C. The van der Waals surface area contributed by atoms with E-state index in [-0.39, 0.29) is 21.7 Å². The average Bonchev–Trinajstić information content (AvgIpc) is 2.57. The van der Waals surface area contributed by atoms with E-state index in [0.29, 0.717) is 0 Å². The van der Waals surface area contributed by atoms with Gasteiger partial charge >= 0.3 is 0 Å². The fourth-order valence-corrected chi connectivity index (χ4v) is 5.91. The lowest BCUT2D eigenvalue weighted by molar-refractivity contribution is -0.661. The monoisotopic (exact) mass is 376 g/mol. The summed E-state index contributed by atoms with van der Waals surface area (Å²) in [6.07, 6.45) is 4.97. The summed E-state index contributed by atoms with van der Waals surface area (Å²) in [6.45, 7) is 22.0. The Morgan fingerprint density at radius 3 is 2.00 bits per heavy atom. The van der Waals surface area contributed by atoms with E-state index in [1.165, 1.54) is 35.2 Å². The van der Waals surface area contributed by atoms with E-state index in [1.54, 1.807) is 16.7 Å². The summed E-state index contributed by atoms with van der Waals surface area (Å²) >= 11 is 0. The largest absolute Gasteiger partial charge is 0.216 e. The summed E-state index contributed by atoms with van der Waals surface area (Å²) in [5.74, 6) is 0. The van der Waals surface area contributed by atoms with Gasteiger partial charge in [0.05, 0.1) is 5.56 Å². The summed E-state index contributed by atoms with van der Waals surface area (Å²) in [7, 11) is 2.27. The van der Waals surface area contributed by atoms with Crippen LogP contribution < -0.4 is 4.57 Å². The second-order valence-corrected chi connectivity index (χ2v) is 11.8. The minimum absolute atomic E-state index is 0.0525. The third-order valence-electron chi connectivity index (χ3n) is 8.58. The van der Waals surface area contributed by atoms with Gasteiger partial charge in [-0.05, 0) is 52.7 Å². The zero-order valence-electron chi connectivity index (χ0n) is 19.7. The van der Waals surface area contributed by atoms with Crippen LogP contribution >= 0.6 is 0 Å². The molecular weight excluding hydrogens is 338 g/mol. The van der Waals surface area contributed by atoms with Gasteiger partial charge in [-0.25, -0.2) is 4.57 Å². The zero-order valence-corrected chi connectivity index (χ0v) is 19.7. The van der Waals surface area contributed by atoms with Crippen molar-refractivity contribution in [3.05, 3.63) is 52.2 Å². The fraction of sp³-hybridized carbons (Fsp3) is 0.593. The van der Waals surface area contributed by atoms with Crippen molar-refractivity contribution in [2.45, 2.75) is 96.8 Å². The van der Waals surface area contributed by atoms with Gasteiger partial charge in [0.25, 0.3) is 0 Å². The molecule has 28 heavy (non-hydrogen) atoms. The first kappa shape index (κ1) is 19.7. The van der Waals surface area contributed by atoms with E-state index in [0.717, 1.165) is 0 Å². The topological polar surface area (TPSA) is 3.88 Å². The predicted molar refractivity (Wildman–Crippen MR) is 119 cm³/mol. The van der Waals surface area contributed by atoms with E-state index >= 15 is 0 Å². The first-order valence-electron chi connectivity index (χ1n) is 10.9. The van der Waals surface area contributed by atoms with Gasteiger partial charge in [-0.3, -0.25) is 0 Å². The Hall–Kier alpha value is -1.63. The van der Waals surface area contributed by atoms with Crippen LogP contribution in [0.2, 0.25) is 0 Å². The number of aryl methyl sites for hydroxylation is 2. The molecule has 150 valence electrons. The molecule has 2 aliphatic carbocycles. The number of benzene rings is 1. The third-order valence-corrected chi connectivity index (χ3v) is 8.58. The van der Waals surface area contributed by atoms with Crippen molar-refractivity contribution < 1.29 is 4.57 Å². The van der Waals surface area contributed by atoms with Crippen molar-refractivity contribution in [2.24, 2.45) is 7.05 Å². The molecule has 0 N–H and O–H groups in total. The van der Waals surface area contributed by atoms with Crippen molar-refractivity contribution in [1.29, 1.82) is 0 Å². The van der Waals surface area contributed by atoms with Crippen LogP contribution in [0.15, 0.2) is 24.4 Å². The molecule has 0 amide bonds. The number of aromatic nitrogens is 1. The highest BCUT2D eigenvalue weighted by Gasteiger charge is 2.54. The maximum atomic E-state index is 2.48. The van der Waals surface area contributed by atoms with Gasteiger partial charge in [-0.1, -0.05) is 73.6 Å². The maximum absolute atomic E-state index is 2.48. The van der Waals surface area contributed by atoms with Crippen LogP contribution in [-0.4, -0.2) is 0 Å². The van der Waals surface area contributed by atoms with E-state index in [2.05, 4.69) is 98.3 Å². The third kappa shape index (κ3) is 2.28. The normalized spacial score (nSPS) is 22.8. The summed E-state index contributed by atoms with van der Waals surface area (Å²) in [4.78, 5) is 0. The molecule has 2 aromatic rings. The summed E-state index contributed by atoms with van der Waals surface area (Å²) in [5, 5.41) is 0. The Bertz CT molecular complexity index is 986. The van der Waals surface area contributed by atoms with E-state index < -0.39 is 0 Å². The van der Waals surface area contributed by atoms with Crippen LogP contribution in [0.5, 0.6) is 0 Å². The van der Waals surface area contributed by atoms with Crippen LogP contribution in [0, 0.1) is 6.92 Å². The molecule has 1 heterocycles. The van der Waals surface area contributed by atoms with Crippen molar-refractivity contribution >= 4 is 0 Å². The van der Waals surface area contributed by atoms with Crippen molar-refractivity contribution in [2.75, 3.05) is 0 Å². The quantitative estimate of drug-likeness (QED) is 0.468. The van der Waals surface area contributed by atoms with Crippen molar-refractivity contribution in [3.8, 4) is 11.3 Å². The summed E-state index contributed by atoms with van der Waals surface area (Å²) in [5.41, 5.74) is 11.1. The van der Waals surface area contributed by atoms with Crippen LogP contribution in [0.4, 0.5) is 0 Å². The molecule has 0 radical (unpaired) electrons. The summed E-state index contributed by atoms with van der Waals surface area (Å²) in [6, 6.07) is 6.88. The van der Waals surface area contributed by atoms with E-state index in [9.17, 15) is 0 Å². The molecule has 1 aromatic heterocycles. The second kappa shape index (κ2) is 5.49. The molecule has 0 bridgehead atoms. The lowest BCUT2D eigenvalue weighted by atomic mass is 9.51. The fourth-order valence-electron chi connectivity index (χ4n) is 5.91. The van der Waals surface area contributed by atoms with Gasteiger partial charge in [0.1, 0.15) is 7.05 Å². The molecule has 0 atom stereocenters. The lowest BCUT2D eigenvalue weighted by Gasteiger charge is -2.51. The minimum Gasteiger partial charge on any atom is -0.200 e. The standard InChI is InChI=1S/C27H38N/c1-17-12-11-13-18-20(17)23-22(27(8,9)26(18,6)7)21-19(16-28(23)10)24(2,3)14-15-25(21,4)5/h11-13,16H,14-15H2,1-10H3/q+1. The van der Waals surface area contributed by atoms with E-state index in [4.69, 9.17) is 0 Å². The molecule has 0 spiro atoms. The van der Waals surface area contributed by atoms with Crippen LogP contribution in [0.25, 0.3) is 11.3 Å². The maximum Gasteiger partial charge on any atom is 0.216 e. The molecule has 1 nitrogen and oxygen atoms in total. The molecule has 0 unspecified atom stereocenters. The highest BCUT2D eigenvalue weighted by Crippen LogP contribution is 2.58. The van der Waals surface area contributed by atoms with Crippen LogP contribution in [-0.2, 0) is 28.7 Å². The number of fused-ring (bicyclic) bond motifs is 5. The highest BCUT2D eigenvalue weighted by molar-refractivity contribution is 5.77.